The van der Waals surface area contributed by atoms with E-state index in [4.69, 9.17) is 14.2 Å². The summed E-state index contributed by atoms with van der Waals surface area (Å²) in [5, 5.41) is 9.36. The van der Waals surface area contributed by atoms with Crippen molar-refractivity contribution in [3.05, 3.63) is 25.0 Å². The fourth-order valence-corrected chi connectivity index (χ4v) is 2.85. The number of aliphatic hydroxyl groups is 1. The standard InChI is InChI=1S/C13H12FN4O4/c1-20-11-8-10(15-5-16-11)17-6-18(8)12-9-13(14,2-3-21-9)7(4-19)22-12/h3,5-7,9,12,19H,4H2,1H3/q-1/t7-,9?,12-,13?/m1/s1. The van der Waals surface area contributed by atoms with Gasteiger partial charge in [-0.05, 0) is 0 Å². The van der Waals surface area contributed by atoms with Crippen molar-refractivity contribution < 1.29 is 23.7 Å². The molecule has 0 amide bonds. The van der Waals surface area contributed by atoms with E-state index < -0.39 is 30.7 Å². The van der Waals surface area contributed by atoms with Crippen LogP contribution < -0.4 is 4.74 Å². The van der Waals surface area contributed by atoms with Crippen LogP contribution in [0.1, 0.15) is 6.23 Å². The molecule has 0 bridgehead atoms. The minimum absolute atomic E-state index is 0.290. The molecular formula is C13H12FN4O4-. The maximum Gasteiger partial charge on any atom is 0.243 e. The molecule has 0 aromatic carbocycles. The molecule has 1 saturated heterocycles. The van der Waals surface area contributed by atoms with E-state index in [1.807, 2.05) is 0 Å². The topological polar surface area (TPSA) is 91.5 Å². The lowest BCUT2D eigenvalue weighted by molar-refractivity contribution is -0.0559. The van der Waals surface area contributed by atoms with Gasteiger partial charge in [-0.15, -0.1) is 0 Å². The van der Waals surface area contributed by atoms with Crippen molar-refractivity contribution in [3.8, 4) is 5.88 Å². The summed E-state index contributed by atoms with van der Waals surface area (Å²) in [5.74, 6) is 0.290. The summed E-state index contributed by atoms with van der Waals surface area (Å²) in [5.41, 5.74) is -1.16. The first-order chi connectivity index (χ1) is 10.7. The van der Waals surface area contributed by atoms with Crippen LogP contribution in [0, 0.1) is 6.08 Å². The molecule has 2 unspecified atom stereocenters. The van der Waals surface area contributed by atoms with E-state index in [2.05, 4.69) is 21.0 Å². The van der Waals surface area contributed by atoms with E-state index in [9.17, 15) is 9.50 Å². The Hall–Kier alpha value is -2.26. The normalized spacial score (nSPS) is 33.1. The molecule has 2 aliphatic heterocycles. The molecule has 0 spiro atoms. The van der Waals surface area contributed by atoms with Crippen LogP contribution in [0.15, 0.2) is 18.9 Å². The number of nitrogens with zero attached hydrogens (tertiary/aromatic N) is 4. The molecule has 9 heteroatoms. The Morgan fingerprint density at radius 3 is 3.14 bits per heavy atom. The van der Waals surface area contributed by atoms with Crippen LogP contribution in [0.25, 0.3) is 11.2 Å². The third-order valence-electron chi connectivity index (χ3n) is 3.91. The number of ether oxygens (including phenoxy) is 3. The molecule has 116 valence electrons. The third-order valence-corrected chi connectivity index (χ3v) is 3.91. The molecule has 2 aromatic rings. The second-order valence-corrected chi connectivity index (χ2v) is 4.99. The van der Waals surface area contributed by atoms with Gasteiger partial charge in [-0.3, -0.25) is 8.96 Å². The maximum absolute atomic E-state index is 14.9. The summed E-state index contributed by atoms with van der Waals surface area (Å²) in [6, 6.07) is 0. The number of halogens is 1. The van der Waals surface area contributed by atoms with Gasteiger partial charge < -0.3 is 25.4 Å². The fraction of sp³-hybridized carbons (Fsp3) is 0.462. The van der Waals surface area contributed by atoms with E-state index in [1.54, 1.807) is 4.57 Å². The van der Waals surface area contributed by atoms with Crippen molar-refractivity contribution in [2.75, 3.05) is 13.7 Å². The fourth-order valence-electron chi connectivity index (χ4n) is 2.85. The predicted molar refractivity (Wildman–Crippen MR) is 69.4 cm³/mol. The quantitative estimate of drug-likeness (QED) is 0.807. The molecule has 2 aromatic heterocycles. The van der Waals surface area contributed by atoms with Crippen molar-refractivity contribution in [2.24, 2.45) is 0 Å². The molecule has 4 heterocycles. The number of aromatic nitrogens is 4. The van der Waals surface area contributed by atoms with Gasteiger partial charge in [0.25, 0.3) is 0 Å². The average molecular weight is 307 g/mol. The number of fused-ring (bicyclic) bond motifs is 2. The summed E-state index contributed by atoms with van der Waals surface area (Å²) in [6.07, 6.45) is 3.51. The maximum atomic E-state index is 14.9. The number of alkyl halides is 1. The summed E-state index contributed by atoms with van der Waals surface area (Å²) in [7, 11) is 1.46. The second kappa shape index (κ2) is 4.62. The Balaban J connectivity index is 1.83. The van der Waals surface area contributed by atoms with E-state index in [-0.39, 0.29) is 5.88 Å². The molecule has 22 heavy (non-hydrogen) atoms. The summed E-state index contributed by atoms with van der Waals surface area (Å²) < 4.78 is 32.6. The third kappa shape index (κ3) is 1.60. The first-order valence-electron chi connectivity index (χ1n) is 6.60. The van der Waals surface area contributed by atoms with Crippen molar-refractivity contribution in [1.82, 2.24) is 19.5 Å². The molecule has 1 N–H and O–H groups in total. The van der Waals surface area contributed by atoms with Gasteiger partial charge in [-0.25, -0.2) is 9.97 Å². The van der Waals surface area contributed by atoms with Crippen molar-refractivity contribution in [3.63, 3.8) is 0 Å². The van der Waals surface area contributed by atoms with E-state index in [1.165, 1.54) is 19.8 Å². The molecule has 8 nitrogen and oxygen atoms in total. The van der Waals surface area contributed by atoms with Crippen LogP contribution in [-0.4, -0.2) is 56.2 Å². The number of aliphatic hydroxyl groups excluding tert-OH is 1. The lowest BCUT2D eigenvalue weighted by Crippen LogP contribution is -2.41. The van der Waals surface area contributed by atoms with Crippen LogP contribution in [0.4, 0.5) is 4.39 Å². The van der Waals surface area contributed by atoms with Gasteiger partial charge in [0.1, 0.15) is 18.8 Å². The van der Waals surface area contributed by atoms with Crippen LogP contribution in [0.2, 0.25) is 0 Å². The summed E-state index contributed by atoms with van der Waals surface area (Å²) in [6.45, 7) is -0.492. The van der Waals surface area contributed by atoms with Gasteiger partial charge >= 0.3 is 0 Å². The van der Waals surface area contributed by atoms with Gasteiger partial charge in [0.2, 0.25) is 5.88 Å². The van der Waals surface area contributed by atoms with Gasteiger partial charge in [-0.2, -0.15) is 4.98 Å². The van der Waals surface area contributed by atoms with Gasteiger partial charge in [0.15, 0.2) is 17.4 Å². The van der Waals surface area contributed by atoms with Crippen LogP contribution in [-0.2, 0) is 9.47 Å². The summed E-state index contributed by atoms with van der Waals surface area (Å²) in [4.78, 5) is 12.2. The van der Waals surface area contributed by atoms with Crippen molar-refractivity contribution in [1.29, 1.82) is 0 Å². The Bertz CT molecular complexity index is 751. The number of methoxy groups -OCH3 is 1. The zero-order valence-electron chi connectivity index (χ0n) is 11.5. The zero-order chi connectivity index (χ0) is 15.3. The molecule has 1 fully saturated rings. The SMILES string of the molecule is COc1ncnc2ncn([C@@H]3O[C@H](CO)C4(F)[C-]=COC34)c12. The zero-order valence-corrected chi connectivity index (χ0v) is 11.5. The molecular weight excluding hydrogens is 295 g/mol. The van der Waals surface area contributed by atoms with Crippen LogP contribution in [0.3, 0.4) is 0 Å². The Labute approximate surface area is 124 Å². The predicted octanol–water partition coefficient (Wildman–Crippen LogP) is 0.149. The van der Waals surface area contributed by atoms with Crippen LogP contribution in [0.5, 0.6) is 5.88 Å². The first kappa shape index (κ1) is 13.4. The molecule has 0 radical (unpaired) electrons. The lowest BCUT2D eigenvalue weighted by atomic mass is 9.96. The summed E-state index contributed by atoms with van der Waals surface area (Å²) >= 11 is 0. The average Bonchev–Trinajstić information content (AvgIpc) is 3.18. The number of rotatable bonds is 3. The highest BCUT2D eigenvalue weighted by Crippen LogP contribution is 2.46. The monoisotopic (exact) mass is 307 g/mol. The first-order valence-corrected chi connectivity index (χ1v) is 6.60. The van der Waals surface area contributed by atoms with Gasteiger partial charge in [0.05, 0.1) is 25.5 Å². The minimum Gasteiger partial charge on any atom is -0.529 e. The van der Waals surface area contributed by atoms with Crippen molar-refractivity contribution >= 4 is 11.2 Å². The van der Waals surface area contributed by atoms with Gasteiger partial charge in [0, 0.05) is 0 Å². The van der Waals surface area contributed by atoms with Gasteiger partial charge in [-0.1, -0.05) is 6.26 Å². The number of hydrogen-bond donors (Lipinski definition) is 1. The second-order valence-electron chi connectivity index (χ2n) is 4.99. The van der Waals surface area contributed by atoms with Crippen molar-refractivity contribution in [2.45, 2.75) is 24.1 Å². The number of hydrogen-bond acceptors (Lipinski definition) is 7. The molecule has 0 saturated carbocycles. The molecule has 4 atom stereocenters. The highest BCUT2D eigenvalue weighted by molar-refractivity contribution is 5.76. The smallest absolute Gasteiger partial charge is 0.243 e. The Kier molecular flexibility index (Phi) is 2.81. The highest BCUT2D eigenvalue weighted by atomic mass is 19.1. The Morgan fingerprint density at radius 2 is 2.36 bits per heavy atom. The molecule has 0 aliphatic carbocycles. The lowest BCUT2D eigenvalue weighted by Gasteiger charge is -2.30. The Morgan fingerprint density at radius 1 is 1.50 bits per heavy atom. The highest BCUT2D eigenvalue weighted by Gasteiger charge is 2.53. The van der Waals surface area contributed by atoms with E-state index in [0.29, 0.717) is 11.2 Å². The number of imidazole rings is 1. The molecule has 4 rings (SSSR count). The van der Waals surface area contributed by atoms with E-state index in [0.717, 1.165) is 6.26 Å². The minimum atomic E-state index is -2.01. The largest absolute Gasteiger partial charge is 0.529 e. The molecule has 2 aliphatic rings. The van der Waals surface area contributed by atoms with Crippen LogP contribution >= 0.6 is 0 Å². The van der Waals surface area contributed by atoms with E-state index >= 15 is 0 Å².